The van der Waals surface area contributed by atoms with Gasteiger partial charge in [0.15, 0.2) is 0 Å². The van der Waals surface area contributed by atoms with E-state index < -0.39 is 0 Å². The van der Waals surface area contributed by atoms with Crippen LogP contribution in [0, 0.1) is 0 Å². The highest BCUT2D eigenvalue weighted by molar-refractivity contribution is 9.10. The van der Waals surface area contributed by atoms with Gasteiger partial charge in [0.25, 0.3) is 0 Å². The summed E-state index contributed by atoms with van der Waals surface area (Å²) in [4.78, 5) is 0. The topological polar surface area (TPSA) is 18.5 Å². The van der Waals surface area contributed by atoms with Crippen LogP contribution in [0.3, 0.4) is 0 Å². The summed E-state index contributed by atoms with van der Waals surface area (Å²) in [7, 11) is 1.68. The van der Waals surface area contributed by atoms with Crippen molar-refractivity contribution in [3.05, 3.63) is 63.6 Å². The van der Waals surface area contributed by atoms with Crippen molar-refractivity contribution in [2.75, 3.05) is 7.11 Å². The molecule has 0 saturated carbocycles. The molecular formula is C18H19BrO2. The van der Waals surface area contributed by atoms with Crippen molar-refractivity contribution >= 4 is 15.9 Å². The third kappa shape index (κ3) is 3.30. The molecule has 110 valence electrons. The second kappa shape index (κ2) is 6.63. The van der Waals surface area contributed by atoms with Crippen LogP contribution >= 0.6 is 15.9 Å². The number of ether oxygens (including phenoxy) is 2. The summed E-state index contributed by atoms with van der Waals surface area (Å²) in [6.07, 6.45) is 3.70. The Kier molecular flexibility index (Phi) is 4.61. The summed E-state index contributed by atoms with van der Waals surface area (Å²) in [5.74, 6) is 0.849. The summed E-state index contributed by atoms with van der Waals surface area (Å²) in [6.45, 7) is 0.627. The van der Waals surface area contributed by atoms with E-state index in [2.05, 4.69) is 52.3 Å². The molecule has 0 amide bonds. The van der Waals surface area contributed by atoms with Crippen molar-refractivity contribution in [1.29, 1.82) is 0 Å². The minimum Gasteiger partial charge on any atom is -0.496 e. The van der Waals surface area contributed by atoms with E-state index in [1.807, 2.05) is 6.07 Å². The number of hydrogen-bond donors (Lipinski definition) is 0. The summed E-state index contributed by atoms with van der Waals surface area (Å²) >= 11 is 3.52. The highest BCUT2D eigenvalue weighted by Crippen LogP contribution is 2.33. The van der Waals surface area contributed by atoms with Crippen LogP contribution in [0.1, 0.15) is 35.6 Å². The van der Waals surface area contributed by atoms with Crippen molar-refractivity contribution < 1.29 is 9.47 Å². The van der Waals surface area contributed by atoms with E-state index in [9.17, 15) is 0 Å². The largest absolute Gasteiger partial charge is 0.496 e. The van der Waals surface area contributed by atoms with Crippen LogP contribution in [0.15, 0.2) is 46.9 Å². The highest BCUT2D eigenvalue weighted by Gasteiger charge is 2.20. The molecule has 1 unspecified atom stereocenters. The number of fused-ring (bicyclic) bond motifs is 1. The van der Waals surface area contributed by atoms with Gasteiger partial charge in [-0.2, -0.15) is 0 Å². The molecule has 0 aromatic heterocycles. The van der Waals surface area contributed by atoms with Gasteiger partial charge >= 0.3 is 0 Å². The Morgan fingerprint density at radius 1 is 1.19 bits per heavy atom. The molecule has 0 aliphatic heterocycles. The molecule has 1 atom stereocenters. The molecule has 2 aromatic carbocycles. The van der Waals surface area contributed by atoms with Gasteiger partial charge in [-0.1, -0.05) is 30.3 Å². The molecule has 0 N–H and O–H groups in total. The average Bonchev–Trinajstić information content (AvgIpc) is 2.53. The lowest BCUT2D eigenvalue weighted by Crippen LogP contribution is -2.12. The van der Waals surface area contributed by atoms with Crippen LogP contribution in [-0.4, -0.2) is 7.11 Å². The fourth-order valence-corrected chi connectivity index (χ4v) is 3.47. The number of benzene rings is 2. The molecule has 21 heavy (non-hydrogen) atoms. The lowest BCUT2D eigenvalue weighted by molar-refractivity contribution is 0.0282. The number of rotatable bonds is 4. The summed E-state index contributed by atoms with van der Waals surface area (Å²) < 4.78 is 12.4. The number of methoxy groups -OCH3 is 1. The number of halogens is 1. The van der Waals surface area contributed by atoms with Gasteiger partial charge in [-0.25, -0.2) is 0 Å². The lowest BCUT2D eigenvalue weighted by Gasteiger charge is -2.25. The van der Waals surface area contributed by atoms with Crippen LogP contribution in [0.4, 0.5) is 0 Å². The molecule has 3 heteroatoms. The Labute approximate surface area is 134 Å². The predicted octanol–water partition coefficient (Wildman–Crippen LogP) is 5.05. The average molecular weight is 347 g/mol. The quantitative estimate of drug-likeness (QED) is 0.770. The van der Waals surface area contributed by atoms with Crippen molar-refractivity contribution in [3.8, 4) is 5.75 Å². The van der Waals surface area contributed by atoms with Crippen LogP contribution < -0.4 is 4.74 Å². The van der Waals surface area contributed by atoms with Crippen molar-refractivity contribution in [1.82, 2.24) is 0 Å². The van der Waals surface area contributed by atoms with Gasteiger partial charge in [0, 0.05) is 0 Å². The van der Waals surface area contributed by atoms with Gasteiger partial charge in [-0.15, -0.1) is 0 Å². The van der Waals surface area contributed by atoms with Gasteiger partial charge in [-0.3, -0.25) is 0 Å². The molecule has 0 heterocycles. The van der Waals surface area contributed by atoms with Crippen LogP contribution in [-0.2, 0) is 17.8 Å². The first-order chi connectivity index (χ1) is 10.3. The number of aryl methyl sites for hydroxylation is 1. The SMILES string of the molecule is COc1ccc(COC2CCCc3ccccc32)cc1Br. The molecule has 0 spiro atoms. The first-order valence-corrected chi connectivity index (χ1v) is 8.09. The molecule has 1 aliphatic carbocycles. The normalized spacial score (nSPS) is 17.3. The summed E-state index contributed by atoms with van der Waals surface area (Å²) in [5.41, 5.74) is 3.95. The molecule has 1 aliphatic rings. The van der Waals surface area contributed by atoms with E-state index in [0.717, 1.165) is 22.2 Å². The maximum Gasteiger partial charge on any atom is 0.133 e. The van der Waals surface area contributed by atoms with Crippen LogP contribution in [0.2, 0.25) is 0 Å². The predicted molar refractivity (Wildman–Crippen MR) is 87.6 cm³/mol. The first-order valence-electron chi connectivity index (χ1n) is 7.30. The minimum atomic E-state index is 0.218. The number of hydrogen-bond acceptors (Lipinski definition) is 2. The minimum absolute atomic E-state index is 0.218. The first kappa shape index (κ1) is 14.6. The fraction of sp³-hybridized carbons (Fsp3) is 0.333. The Morgan fingerprint density at radius 3 is 2.86 bits per heavy atom. The van der Waals surface area contributed by atoms with E-state index in [-0.39, 0.29) is 6.10 Å². The van der Waals surface area contributed by atoms with Gasteiger partial charge < -0.3 is 9.47 Å². The second-order valence-corrected chi connectivity index (χ2v) is 6.21. The van der Waals surface area contributed by atoms with Crippen molar-refractivity contribution in [3.63, 3.8) is 0 Å². The van der Waals surface area contributed by atoms with Gasteiger partial charge in [0.05, 0.1) is 24.3 Å². The molecule has 0 radical (unpaired) electrons. The zero-order valence-corrected chi connectivity index (χ0v) is 13.7. The van der Waals surface area contributed by atoms with Gasteiger partial charge in [0.1, 0.15) is 5.75 Å². The standard InChI is InChI=1S/C18H19BrO2/c1-20-18-10-9-13(11-16(18)19)12-21-17-8-4-6-14-5-2-3-7-15(14)17/h2-3,5,7,9-11,17H,4,6,8,12H2,1H3. The van der Waals surface area contributed by atoms with Gasteiger partial charge in [-0.05, 0) is 64.0 Å². The zero-order valence-electron chi connectivity index (χ0n) is 12.1. The van der Waals surface area contributed by atoms with E-state index in [0.29, 0.717) is 6.61 Å². The second-order valence-electron chi connectivity index (χ2n) is 5.36. The highest BCUT2D eigenvalue weighted by atomic mass is 79.9. The van der Waals surface area contributed by atoms with E-state index in [1.165, 1.54) is 24.0 Å². The fourth-order valence-electron chi connectivity index (χ4n) is 2.88. The van der Waals surface area contributed by atoms with E-state index in [1.54, 1.807) is 7.11 Å². The molecule has 0 saturated heterocycles. The Morgan fingerprint density at radius 2 is 2.05 bits per heavy atom. The molecule has 2 nitrogen and oxygen atoms in total. The Bertz CT molecular complexity index is 624. The third-order valence-corrected chi connectivity index (χ3v) is 4.60. The van der Waals surface area contributed by atoms with E-state index >= 15 is 0 Å². The maximum absolute atomic E-state index is 6.16. The maximum atomic E-state index is 6.16. The Balaban J connectivity index is 1.70. The zero-order chi connectivity index (χ0) is 14.7. The van der Waals surface area contributed by atoms with Crippen molar-refractivity contribution in [2.24, 2.45) is 0 Å². The molecule has 0 bridgehead atoms. The monoisotopic (exact) mass is 346 g/mol. The van der Waals surface area contributed by atoms with Gasteiger partial charge in [0.2, 0.25) is 0 Å². The molecular weight excluding hydrogens is 328 g/mol. The smallest absolute Gasteiger partial charge is 0.133 e. The van der Waals surface area contributed by atoms with Crippen LogP contribution in [0.5, 0.6) is 5.75 Å². The third-order valence-electron chi connectivity index (χ3n) is 3.98. The van der Waals surface area contributed by atoms with Crippen LogP contribution in [0.25, 0.3) is 0 Å². The lowest BCUT2D eigenvalue weighted by atomic mass is 9.89. The van der Waals surface area contributed by atoms with Crippen molar-refractivity contribution in [2.45, 2.75) is 32.0 Å². The summed E-state index contributed by atoms with van der Waals surface area (Å²) in [6, 6.07) is 14.7. The molecule has 3 rings (SSSR count). The molecule has 2 aromatic rings. The molecule has 0 fully saturated rings. The van der Waals surface area contributed by atoms with E-state index in [4.69, 9.17) is 9.47 Å². The summed E-state index contributed by atoms with van der Waals surface area (Å²) in [5, 5.41) is 0. The Hall–Kier alpha value is -1.32.